The first-order valence-electron chi connectivity index (χ1n) is 13.9. The van der Waals surface area contributed by atoms with E-state index in [2.05, 4.69) is 16.0 Å². The zero-order chi connectivity index (χ0) is 27.7. The molecule has 3 heterocycles. The molecular weight excluding hydrogens is 528 g/mol. The smallest absolute Gasteiger partial charge is 0.255 e. The number of piperidine rings is 3. The van der Waals surface area contributed by atoms with E-state index >= 15 is 8.78 Å². The van der Waals surface area contributed by atoms with Crippen molar-refractivity contribution in [3.05, 3.63) is 29.3 Å². The van der Waals surface area contributed by atoms with Crippen molar-refractivity contribution in [1.82, 2.24) is 15.5 Å². The third-order valence-corrected chi connectivity index (χ3v) is 8.82. The van der Waals surface area contributed by atoms with E-state index in [0.717, 1.165) is 19.3 Å². The summed E-state index contributed by atoms with van der Waals surface area (Å²) in [5, 5.41) is 18.9. The van der Waals surface area contributed by atoms with Gasteiger partial charge in [0.05, 0.1) is 12.0 Å². The molecule has 0 radical (unpaired) electrons. The van der Waals surface area contributed by atoms with E-state index in [9.17, 15) is 19.6 Å². The molecule has 0 aromatic heterocycles. The molecule has 0 spiro atoms. The van der Waals surface area contributed by atoms with Gasteiger partial charge < -0.3 is 20.9 Å². The van der Waals surface area contributed by atoms with Gasteiger partial charge in [0, 0.05) is 35.6 Å². The van der Waals surface area contributed by atoms with E-state index in [0.29, 0.717) is 42.4 Å². The molecule has 3 amide bonds. The molecule has 2 saturated carbocycles. The van der Waals surface area contributed by atoms with Gasteiger partial charge in [0.15, 0.2) is 0 Å². The number of nitriles is 1. The second-order valence-corrected chi connectivity index (χ2v) is 11.9. The fourth-order valence-corrected chi connectivity index (χ4v) is 6.63. The summed E-state index contributed by atoms with van der Waals surface area (Å²) in [5.41, 5.74) is 0.644. The summed E-state index contributed by atoms with van der Waals surface area (Å²) in [7, 11) is 0. The Morgan fingerprint density at radius 3 is 2.67 bits per heavy atom. The number of alkyl halides is 2. The lowest BCUT2D eigenvalue weighted by molar-refractivity contribution is -0.194. The third-order valence-electron chi connectivity index (χ3n) is 8.58. The van der Waals surface area contributed by atoms with Crippen LogP contribution in [-0.2, 0) is 14.4 Å². The summed E-state index contributed by atoms with van der Waals surface area (Å²) >= 11 is 6.14. The SMILES string of the molecule is N#C[C@@H](C[C@H]1CCCNC1=O)NC(=O)[C@H]1[C@H]2CC[C@H](CC2(F)F)N1C(=O)[C@H](CC1CC1)Nc1cccc(Cl)c1. The van der Waals surface area contributed by atoms with Crippen molar-refractivity contribution in [3.63, 3.8) is 0 Å². The minimum atomic E-state index is -3.10. The lowest BCUT2D eigenvalue weighted by Gasteiger charge is -2.54. The van der Waals surface area contributed by atoms with Gasteiger partial charge in [0.25, 0.3) is 5.92 Å². The second kappa shape index (κ2) is 11.3. The highest BCUT2D eigenvalue weighted by atomic mass is 35.5. The molecule has 2 bridgehead atoms. The van der Waals surface area contributed by atoms with Gasteiger partial charge in [-0.3, -0.25) is 14.4 Å². The zero-order valence-corrected chi connectivity index (χ0v) is 22.4. The predicted octanol–water partition coefficient (Wildman–Crippen LogP) is 3.86. The molecule has 3 saturated heterocycles. The van der Waals surface area contributed by atoms with Crippen LogP contribution in [0.3, 0.4) is 0 Å². The van der Waals surface area contributed by atoms with Crippen LogP contribution in [-0.4, -0.2) is 59.3 Å². The van der Waals surface area contributed by atoms with E-state index in [1.165, 1.54) is 4.90 Å². The summed E-state index contributed by atoms with van der Waals surface area (Å²) in [6.45, 7) is 0.571. The summed E-state index contributed by atoms with van der Waals surface area (Å²) in [6, 6.07) is 5.10. The van der Waals surface area contributed by atoms with Gasteiger partial charge in [-0.1, -0.05) is 30.5 Å². The van der Waals surface area contributed by atoms with Crippen molar-refractivity contribution in [2.45, 2.75) is 87.9 Å². The van der Waals surface area contributed by atoms with Crippen molar-refractivity contribution in [2.24, 2.45) is 17.8 Å². The monoisotopic (exact) mass is 561 g/mol. The molecule has 210 valence electrons. The normalized spacial score (nSPS) is 29.1. The van der Waals surface area contributed by atoms with Crippen LogP contribution in [0.5, 0.6) is 0 Å². The van der Waals surface area contributed by atoms with Crippen molar-refractivity contribution in [2.75, 3.05) is 11.9 Å². The van der Waals surface area contributed by atoms with E-state index in [1.807, 2.05) is 6.07 Å². The Bertz CT molecular complexity index is 1160. The van der Waals surface area contributed by atoms with Crippen molar-refractivity contribution in [1.29, 1.82) is 5.26 Å². The Morgan fingerprint density at radius 2 is 2.00 bits per heavy atom. The lowest BCUT2D eigenvalue weighted by atomic mass is 9.71. The number of carbonyl (C=O) groups excluding carboxylic acids is 3. The zero-order valence-electron chi connectivity index (χ0n) is 21.7. The largest absolute Gasteiger partial charge is 0.374 e. The summed E-state index contributed by atoms with van der Waals surface area (Å²) in [4.78, 5) is 41.3. The van der Waals surface area contributed by atoms with Gasteiger partial charge >= 0.3 is 0 Å². The Morgan fingerprint density at radius 1 is 1.21 bits per heavy atom. The van der Waals surface area contributed by atoms with Crippen LogP contribution in [0.4, 0.5) is 14.5 Å². The number of benzene rings is 1. The van der Waals surface area contributed by atoms with Gasteiger partial charge in [0.2, 0.25) is 17.7 Å². The highest BCUT2D eigenvalue weighted by Crippen LogP contribution is 2.49. The number of hydrogen-bond donors (Lipinski definition) is 3. The average Bonchev–Trinajstić information content (AvgIpc) is 3.72. The van der Waals surface area contributed by atoms with Crippen LogP contribution in [0.2, 0.25) is 5.02 Å². The number of halogens is 3. The Balaban J connectivity index is 1.38. The lowest BCUT2D eigenvalue weighted by Crippen LogP contribution is -2.70. The molecule has 8 nitrogen and oxygen atoms in total. The molecule has 11 heteroatoms. The van der Waals surface area contributed by atoms with Crippen LogP contribution in [0.25, 0.3) is 0 Å². The van der Waals surface area contributed by atoms with Crippen molar-refractivity contribution < 1.29 is 23.2 Å². The fourth-order valence-electron chi connectivity index (χ4n) is 6.44. The molecule has 5 fully saturated rings. The molecule has 3 aliphatic heterocycles. The average molecular weight is 562 g/mol. The number of amides is 3. The van der Waals surface area contributed by atoms with Crippen LogP contribution in [0.1, 0.15) is 57.8 Å². The Kier molecular flexibility index (Phi) is 7.99. The molecule has 2 aliphatic carbocycles. The van der Waals surface area contributed by atoms with Crippen LogP contribution >= 0.6 is 11.6 Å². The van der Waals surface area contributed by atoms with Gasteiger partial charge in [-0.05, 0) is 62.6 Å². The first-order valence-corrected chi connectivity index (χ1v) is 14.2. The standard InChI is InChI=1S/C28H34ClF2N5O3/c29-18-4-1-5-19(13-18)34-23(11-16-6-7-16)27(39)36-21-8-9-22(28(30,31)14-21)24(36)26(38)35-20(15-32)12-17-3-2-10-33-25(17)37/h1,4-5,13,16-17,20-24,34H,2-3,6-12,14H2,(H,33,37)(H,35,38)/t17-,20-,21-,22-,23+,24-/m1/s1. The molecule has 1 aromatic carbocycles. The Hall–Kier alpha value is -2.93. The van der Waals surface area contributed by atoms with Crippen LogP contribution in [0, 0.1) is 29.1 Å². The molecule has 3 N–H and O–H groups in total. The number of anilines is 1. The van der Waals surface area contributed by atoms with Crippen LogP contribution in [0.15, 0.2) is 24.3 Å². The van der Waals surface area contributed by atoms with Gasteiger partial charge in [-0.15, -0.1) is 0 Å². The number of nitrogens with one attached hydrogen (secondary N) is 3. The molecule has 6 rings (SSSR count). The summed E-state index contributed by atoms with van der Waals surface area (Å²) in [5.74, 6) is -5.83. The van der Waals surface area contributed by atoms with Crippen molar-refractivity contribution >= 4 is 35.0 Å². The topological polar surface area (TPSA) is 114 Å². The molecule has 39 heavy (non-hydrogen) atoms. The van der Waals surface area contributed by atoms with E-state index in [1.54, 1.807) is 24.3 Å². The minimum absolute atomic E-state index is 0.0971. The highest BCUT2D eigenvalue weighted by molar-refractivity contribution is 6.30. The Labute approximate surface area is 231 Å². The third kappa shape index (κ3) is 6.13. The van der Waals surface area contributed by atoms with E-state index in [4.69, 9.17) is 11.6 Å². The molecule has 5 aliphatic rings. The number of fused-ring (bicyclic) bond motifs is 3. The van der Waals surface area contributed by atoms with Gasteiger partial charge in [-0.25, -0.2) is 8.78 Å². The number of carbonyl (C=O) groups is 3. The summed E-state index contributed by atoms with van der Waals surface area (Å²) < 4.78 is 30.3. The number of hydrogen-bond acceptors (Lipinski definition) is 5. The van der Waals surface area contributed by atoms with Gasteiger partial charge in [-0.2, -0.15) is 5.26 Å². The minimum Gasteiger partial charge on any atom is -0.374 e. The molecular formula is C28H34ClF2N5O3. The number of rotatable bonds is 9. The quantitative estimate of drug-likeness (QED) is 0.424. The maximum Gasteiger partial charge on any atom is 0.255 e. The molecule has 0 unspecified atom stereocenters. The van der Waals surface area contributed by atoms with Gasteiger partial charge in [0.1, 0.15) is 18.1 Å². The predicted molar refractivity (Wildman–Crippen MR) is 141 cm³/mol. The summed E-state index contributed by atoms with van der Waals surface area (Å²) in [6.07, 6.45) is 4.01. The van der Waals surface area contributed by atoms with Crippen molar-refractivity contribution in [3.8, 4) is 6.07 Å². The van der Waals surface area contributed by atoms with E-state index in [-0.39, 0.29) is 24.7 Å². The highest BCUT2D eigenvalue weighted by Gasteiger charge is 2.61. The maximum absolute atomic E-state index is 15.1. The molecule has 6 atom stereocenters. The van der Waals surface area contributed by atoms with E-state index < -0.39 is 54.3 Å². The first kappa shape index (κ1) is 27.6. The number of nitrogens with zero attached hydrogens (tertiary/aromatic N) is 2. The second-order valence-electron chi connectivity index (χ2n) is 11.4. The first-order chi connectivity index (χ1) is 18.7. The van der Waals surface area contributed by atoms with Crippen LogP contribution < -0.4 is 16.0 Å². The fraction of sp³-hybridized carbons (Fsp3) is 0.643. The maximum atomic E-state index is 15.1. The molecule has 1 aromatic rings.